The molecule has 1 heterocycles. The molecule has 0 saturated heterocycles. The number of hydrogen-bond donors (Lipinski definition) is 1. The van der Waals surface area contributed by atoms with Crippen molar-refractivity contribution in [3.05, 3.63) is 59.9 Å². The quantitative estimate of drug-likeness (QED) is 0.743. The summed E-state index contributed by atoms with van der Waals surface area (Å²) >= 11 is 0. The predicted octanol–water partition coefficient (Wildman–Crippen LogP) is 2.14. The number of pyridine rings is 1. The number of carbonyl (C=O) groups is 3. The fraction of sp³-hybridized carbons (Fsp3) is 0.333. The van der Waals surface area contributed by atoms with Gasteiger partial charge in [0.05, 0.1) is 30.2 Å². The third-order valence-electron chi connectivity index (χ3n) is 4.90. The Balaban J connectivity index is 1.54. The molecule has 1 N–H and O–H groups in total. The van der Waals surface area contributed by atoms with Gasteiger partial charge in [0.15, 0.2) is 0 Å². The van der Waals surface area contributed by atoms with Gasteiger partial charge in [0.2, 0.25) is 11.8 Å². The van der Waals surface area contributed by atoms with E-state index in [4.69, 9.17) is 4.74 Å². The molecule has 0 aliphatic heterocycles. The minimum absolute atomic E-state index is 0.0320. The highest BCUT2D eigenvalue weighted by atomic mass is 16.5. The Morgan fingerprint density at radius 2 is 1.86 bits per heavy atom. The molecule has 7 heteroatoms. The second-order valence-corrected chi connectivity index (χ2v) is 6.84. The topological polar surface area (TPSA) is 88.6 Å². The van der Waals surface area contributed by atoms with Crippen molar-refractivity contribution in [2.45, 2.75) is 12.8 Å². The molecule has 0 radical (unpaired) electrons. The fourth-order valence-corrected chi connectivity index (χ4v) is 3.10. The Morgan fingerprint density at radius 3 is 2.57 bits per heavy atom. The lowest BCUT2D eigenvalue weighted by Gasteiger charge is -2.17. The van der Waals surface area contributed by atoms with Crippen LogP contribution in [0.4, 0.5) is 5.69 Å². The van der Waals surface area contributed by atoms with Crippen LogP contribution in [0.1, 0.15) is 22.3 Å². The van der Waals surface area contributed by atoms with Crippen LogP contribution >= 0.6 is 0 Å². The molecule has 1 aromatic heterocycles. The van der Waals surface area contributed by atoms with E-state index in [9.17, 15) is 14.4 Å². The van der Waals surface area contributed by atoms with Gasteiger partial charge in [-0.3, -0.25) is 14.6 Å². The molecule has 7 nitrogen and oxygen atoms in total. The molecule has 1 aliphatic rings. The number of methoxy groups -OCH3 is 1. The molecule has 28 heavy (non-hydrogen) atoms. The molecule has 1 aromatic carbocycles. The smallest absolute Gasteiger partial charge is 0.339 e. The lowest BCUT2D eigenvalue weighted by Crippen LogP contribution is -2.31. The predicted molar refractivity (Wildman–Crippen MR) is 104 cm³/mol. The number of amides is 2. The van der Waals surface area contributed by atoms with E-state index in [1.165, 1.54) is 7.11 Å². The summed E-state index contributed by atoms with van der Waals surface area (Å²) in [7, 11) is 3.04. The average Bonchev–Trinajstić information content (AvgIpc) is 3.53. The highest BCUT2D eigenvalue weighted by Crippen LogP contribution is 2.40. The highest BCUT2D eigenvalue weighted by Gasteiger charge is 2.49. The Hall–Kier alpha value is -3.22. The van der Waals surface area contributed by atoms with Gasteiger partial charge in [-0.1, -0.05) is 12.1 Å². The third kappa shape index (κ3) is 4.54. The first kappa shape index (κ1) is 19.5. The number of rotatable bonds is 7. The number of carbonyl (C=O) groups excluding carboxylic acids is 3. The molecule has 1 saturated carbocycles. The monoisotopic (exact) mass is 381 g/mol. The minimum atomic E-state index is -0.518. The van der Waals surface area contributed by atoms with Gasteiger partial charge in [-0.15, -0.1) is 0 Å². The summed E-state index contributed by atoms with van der Waals surface area (Å²) < 4.78 is 4.73. The number of aromatic nitrogens is 1. The van der Waals surface area contributed by atoms with Crippen LogP contribution in [0.5, 0.6) is 0 Å². The molecule has 0 spiro atoms. The highest BCUT2D eigenvalue weighted by molar-refractivity contribution is 6.04. The molecular formula is C21H23N3O4. The Bertz CT molecular complexity index is 869. The van der Waals surface area contributed by atoms with Crippen molar-refractivity contribution < 1.29 is 19.1 Å². The van der Waals surface area contributed by atoms with E-state index >= 15 is 0 Å². The summed E-state index contributed by atoms with van der Waals surface area (Å²) in [5, 5.41) is 2.75. The molecule has 2 unspecified atom stereocenters. The average molecular weight is 381 g/mol. The van der Waals surface area contributed by atoms with Gasteiger partial charge in [-0.25, -0.2) is 4.79 Å². The van der Waals surface area contributed by atoms with Gasteiger partial charge in [-0.2, -0.15) is 0 Å². The van der Waals surface area contributed by atoms with E-state index in [1.54, 1.807) is 48.6 Å². The van der Waals surface area contributed by atoms with Gasteiger partial charge in [0.1, 0.15) is 0 Å². The second kappa shape index (κ2) is 8.65. The zero-order chi connectivity index (χ0) is 20.1. The maximum atomic E-state index is 12.6. The first-order valence-corrected chi connectivity index (χ1v) is 9.13. The minimum Gasteiger partial charge on any atom is -0.465 e. The number of likely N-dealkylation sites (N-methyl/N-ethyl adjacent to an activating group) is 1. The summed E-state index contributed by atoms with van der Waals surface area (Å²) in [5.41, 5.74) is 1.79. The zero-order valence-electron chi connectivity index (χ0n) is 15.9. The normalized spacial score (nSPS) is 17.5. The summed E-state index contributed by atoms with van der Waals surface area (Å²) in [5.74, 6) is -1.49. The van der Waals surface area contributed by atoms with E-state index in [0.717, 1.165) is 12.0 Å². The van der Waals surface area contributed by atoms with Crippen molar-refractivity contribution in [1.82, 2.24) is 9.88 Å². The van der Waals surface area contributed by atoms with Crippen molar-refractivity contribution in [3.63, 3.8) is 0 Å². The van der Waals surface area contributed by atoms with Crippen LogP contribution in [-0.4, -0.2) is 48.4 Å². The molecule has 146 valence electrons. The summed E-state index contributed by atoms with van der Waals surface area (Å²) in [6.45, 7) is 0.582. The number of hydrogen-bond acceptors (Lipinski definition) is 5. The van der Waals surface area contributed by atoms with Crippen molar-refractivity contribution in [3.8, 4) is 0 Å². The molecule has 1 aliphatic carbocycles. The number of benzene rings is 1. The third-order valence-corrected chi connectivity index (χ3v) is 4.90. The van der Waals surface area contributed by atoms with E-state index in [2.05, 4.69) is 10.3 Å². The Labute approximate surface area is 163 Å². The summed E-state index contributed by atoms with van der Waals surface area (Å²) in [4.78, 5) is 42.5. The van der Waals surface area contributed by atoms with Gasteiger partial charge in [-0.05, 0) is 42.7 Å². The zero-order valence-corrected chi connectivity index (χ0v) is 15.9. The standard InChI is InChI=1S/C21H23N3O4/c1-24(12-9-14-7-10-22-11-8-14)20(26)17-13-16(17)19(25)23-18-6-4-3-5-15(18)21(27)28-2/h3-8,10-11,16-17H,9,12-13H2,1-2H3,(H,23,25). The van der Waals surface area contributed by atoms with Crippen LogP contribution in [0.2, 0.25) is 0 Å². The number of anilines is 1. The van der Waals surface area contributed by atoms with E-state index in [0.29, 0.717) is 18.7 Å². The Kier molecular flexibility index (Phi) is 6.03. The van der Waals surface area contributed by atoms with Crippen LogP contribution in [0.3, 0.4) is 0 Å². The fourth-order valence-electron chi connectivity index (χ4n) is 3.10. The summed E-state index contributed by atoms with van der Waals surface area (Å²) in [6, 6.07) is 10.5. The van der Waals surface area contributed by atoms with E-state index < -0.39 is 5.97 Å². The van der Waals surface area contributed by atoms with Crippen LogP contribution in [-0.2, 0) is 20.7 Å². The molecule has 2 aromatic rings. The lowest BCUT2D eigenvalue weighted by atomic mass is 10.1. The number of nitrogens with one attached hydrogen (secondary N) is 1. The molecular weight excluding hydrogens is 358 g/mol. The number of ether oxygens (including phenoxy) is 1. The number of nitrogens with zero attached hydrogens (tertiary/aromatic N) is 2. The number of esters is 1. The number of para-hydroxylation sites is 1. The Morgan fingerprint density at radius 1 is 1.14 bits per heavy atom. The van der Waals surface area contributed by atoms with Gasteiger partial charge in [0.25, 0.3) is 0 Å². The van der Waals surface area contributed by atoms with Gasteiger partial charge >= 0.3 is 5.97 Å². The van der Waals surface area contributed by atoms with Crippen LogP contribution in [0.25, 0.3) is 0 Å². The van der Waals surface area contributed by atoms with E-state index in [1.807, 2.05) is 12.1 Å². The first-order chi connectivity index (χ1) is 13.5. The van der Waals surface area contributed by atoms with Crippen molar-refractivity contribution in [2.24, 2.45) is 11.8 Å². The second-order valence-electron chi connectivity index (χ2n) is 6.84. The summed E-state index contributed by atoms with van der Waals surface area (Å²) in [6.07, 6.45) is 4.71. The SMILES string of the molecule is COC(=O)c1ccccc1NC(=O)C1CC1C(=O)N(C)CCc1ccncc1. The van der Waals surface area contributed by atoms with Crippen LogP contribution < -0.4 is 5.32 Å². The maximum absolute atomic E-state index is 12.6. The molecule has 1 fully saturated rings. The van der Waals surface area contributed by atoms with Gasteiger partial charge < -0.3 is 15.0 Å². The van der Waals surface area contributed by atoms with Crippen molar-refractivity contribution in [1.29, 1.82) is 0 Å². The maximum Gasteiger partial charge on any atom is 0.339 e. The first-order valence-electron chi connectivity index (χ1n) is 9.13. The molecule has 2 amide bonds. The largest absolute Gasteiger partial charge is 0.465 e. The molecule has 3 rings (SSSR count). The lowest BCUT2D eigenvalue weighted by molar-refractivity contribution is -0.132. The van der Waals surface area contributed by atoms with Crippen LogP contribution in [0.15, 0.2) is 48.8 Å². The van der Waals surface area contributed by atoms with E-state index in [-0.39, 0.29) is 29.2 Å². The van der Waals surface area contributed by atoms with Crippen molar-refractivity contribution >= 4 is 23.5 Å². The molecule has 2 atom stereocenters. The van der Waals surface area contributed by atoms with Gasteiger partial charge in [0, 0.05) is 26.0 Å². The van der Waals surface area contributed by atoms with Crippen molar-refractivity contribution in [2.75, 3.05) is 26.0 Å². The molecule has 0 bridgehead atoms. The van der Waals surface area contributed by atoms with Crippen LogP contribution in [0, 0.1) is 11.8 Å².